The van der Waals surface area contributed by atoms with E-state index >= 15 is 0 Å². The summed E-state index contributed by atoms with van der Waals surface area (Å²) in [5, 5.41) is 19.4. The van der Waals surface area contributed by atoms with Crippen LogP contribution in [-0.2, 0) is 0 Å². The molecule has 0 bridgehead atoms. The summed E-state index contributed by atoms with van der Waals surface area (Å²) < 4.78 is 5.11. The van der Waals surface area contributed by atoms with Gasteiger partial charge in [-0.1, -0.05) is 24.3 Å². The molecule has 1 unspecified atom stereocenters. The molecule has 4 rings (SSSR count). The first-order chi connectivity index (χ1) is 15.3. The van der Waals surface area contributed by atoms with Crippen LogP contribution in [0.2, 0.25) is 0 Å². The normalized spacial score (nSPS) is 15.9. The molecule has 8 nitrogen and oxygen atoms in total. The van der Waals surface area contributed by atoms with Crippen molar-refractivity contribution in [2.45, 2.75) is 20.0 Å². The number of benzene rings is 2. The van der Waals surface area contributed by atoms with Crippen LogP contribution in [0.25, 0.3) is 0 Å². The average Bonchev–Trinajstić information content (AvgIpc) is 2.75. The topological polar surface area (TPSA) is 98.4 Å². The van der Waals surface area contributed by atoms with E-state index in [1.165, 1.54) is 11.1 Å². The molecule has 1 aromatic heterocycles. The van der Waals surface area contributed by atoms with Gasteiger partial charge in [0.1, 0.15) is 17.1 Å². The number of aryl methyl sites for hydroxylation is 1. The second-order valence-corrected chi connectivity index (χ2v) is 7.82. The molecular formula is C24H24N4O4. The number of hydrogen-bond donors (Lipinski definition) is 2. The third-order valence-electron chi connectivity index (χ3n) is 5.30. The van der Waals surface area contributed by atoms with Gasteiger partial charge < -0.3 is 19.7 Å². The van der Waals surface area contributed by atoms with E-state index in [9.17, 15) is 14.7 Å². The molecule has 2 aromatic carbocycles. The highest BCUT2D eigenvalue weighted by atomic mass is 16.4. The van der Waals surface area contributed by atoms with Crippen LogP contribution in [0.1, 0.15) is 40.3 Å². The fourth-order valence-corrected chi connectivity index (χ4v) is 3.67. The van der Waals surface area contributed by atoms with Crippen LogP contribution in [0.3, 0.4) is 0 Å². The van der Waals surface area contributed by atoms with Gasteiger partial charge in [0.2, 0.25) is 0 Å². The predicted octanol–water partition coefficient (Wildman–Crippen LogP) is 3.71. The number of amides is 1. The van der Waals surface area contributed by atoms with Crippen molar-refractivity contribution in [2.24, 2.45) is 5.10 Å². The van der Waals surface area contributed by atoms with Crippen LogP contribution in [0, 0.1) is 6.92 Å². The van der Waals surface area contributed by atoms with E-state index in [-0.39, 0.29) is 28.7 Å². The SMILES string of the molecule is C/C(=N\N1C(=O)c2ccccc2NC1c1ccc(N(C)C)cc1)c1c(O)cc(C)oc1=O. The van der Waals surface area contributed by atoms with Gasteiger partial charge in [0.25, 0.3) is 5.91 Å². The largest absolute Gasteiger partial charge is 0.507 e. The van der Waals surface area contributed by atoms with Crippen LogP contribution in [0.4, 0.5) is 11.4 Å². The Kier molecular flexibility index (Phi) is 5.44. The van der Waals surface area contributed by atoms with Crippen LogP contribution < -0.4 is 15.8 Å². The number of aromatic hydroxyl groups is 1. The number of rotatable bonds is 4. The maximum Gasteiger partial charge on any atom is 0.348 e. The van der Waals surface area contributed by atoms with Gasteiger partial charge in [-0.05, 0) is 43.7 Å². The summed E-state index contributed by atoms with van der Waals surface area (Å²) >= 11 is 0. The Balaban J connectivity index is 1.82. The van der Waals surface area contributed by atoms with Crippen molar-refractivity contribution in [2.75, 3.05) is 24.3 Å². The molecular weight excluding hydrogens is 408 g/mol. The molecule has 0 aliphatic carbocycles. The van der Waals surface area contributed by atoms with Gasteiger partial charge in [0.05, 0.1) is 11.3 Å². The van der Waals surface area contributed by atoms with Crippen molar-refractivity contribution in [1.29, 1.82) is 0 Å². The number of carbonyl (C=O) groups is 1. The molecule has 0 spiro atoms. The first-order valence-electron chi connectivity index (χ1n) is 10.1. The lowest BCUT2D eigenvalue weighted by atomic mass is 10.0. The molecule has 0 fully saturated rings. The van der Waals surface area contributed by atoms with E-state index in [2.05, 4.69) is 10.4 Å². The lowest BCUT2D eigenvalue weighted by molar-refractivity contribution is 0.0689. The summed E-state index contributed by atoms with van der Waals surface area (Å²) in [6.07, 6.45) is -0.608. The van der Waals surface area contributed by atoms with Crippen molar-refractivity contribution in [1.82, 2.24) is 5.01 Å². The zero-order chi connectivity index (χ0) is 23.0. The van der Waals surface area contributed by atoms with Crippen LogP contribution in [0.15, 0.2) is 68.9 Å². The van der Waals surface area contributed by atoms with Gasteiger partial charge in [-0.3, -0.25) is 4.79 Å². The lowest BCUT2D eigenvalue weighted by Crippen LogP contribution is -2.40. The highest BCUT2D eigenvalue weighted by Crippen LogP contribution is 2.34. The minimum absolute atomic E-state index is 0.0797. The van der Waals surface area contributed by atoms with Gasteiger partial charge in [-0.2, -0.15) is 5.10 Å². The van der Waals surface area contributed by atoms with Crippen molar-refractivity contribution >= 4 is 23.0 Å². The molecule has 0 saturated heterocycles. The Bertz CT molecular complexity index is 1260. The minimum atomic E-state index is -0.714. The number of nitrogens with one attached hydrogen (secondary N) is 1. The third kappa shape index (κ3) is 3.82. The molecule has 8 heteroatoms. The fourth-order valence-electron chi connectivity index (χ4n) is 3.67. The zero-order valence-corrected chi connectivity index (χ0v) is 18.3. The Hall–Kier alpha value is -4.07. The fraction of sp³-hybridized carbons (Fsp3) is 0.208. The quantitative estimate of drug-likeness (QED) is 0.610. The molecule has 1 aliphatic heterocycles. The van der Waals surface area contributed by atoms with E-state index in [0.717, 1.165) is 11.3 Å². The smallest absolute Gasteiger partial charge is 0.348 e. The van der Waals surface area contributed by atoms with Gasteiger partial charge >= 0.3 is 5.63 Å². The van der Waals surface area contributed by atoms with E-state index in [1.54, 1.807) is 26.0 Å². The highest BCUT2D eigenvalue weighted by molar-refractivity contribution is 6.04. The first kappa shape index (κ1) is 21.2. The van der Waals surface area contributed by atoms with E-state index in [0.29, 0.717) is 11.3 Å². The molecule has 3 aromatic rings. The summed E-state index contributed by atoms with van der Waals surface area (Å²) in [6, 6.07) is 16.3. The van der Waals surface area contributed by atoms with E-state index < -0.39 is 11.8 Å². The van der Waals surface area contributed by atoms with Crippen LogP contribution in [-0.4, -0.2) is 35.8 Å². The number of hydrazone groups is 1. The average molecular weight is 432 g/mol. The Morgan fingerprint density at radius 1 is 1.12 bits per heavy atom. The van der Waals surface area contributed by atoms with Gasteiger partial charge in [-0.25, -0.2) is 9.80 Å². The van der Waals surface area contributed by atoms with Crippen molar-refractivity contribution < 1.29 is 14.3 Å². The van der Waals surface area contributed by atoms with E-state index in [4.69, 9.17) is 4.42 Å². The highest BCUT2D eigenvalue weighted by Gasteiger charge is 2.33. The maximum atomic E-state index is 13.4. The summed E-state index contributed by atoms with van der Waals surface area (Å²) in [6.45, 7) is 3.13. The molecule has 164 valence electrons. The molecule has 0 radical (unpaired) electrons. The Morgan fingerprint density at radius 2 is 1.81 bits per heavy atom. The molecule has 2 N–H and O–H groups in total. The lowest BCUT2D eigenvalue weighted by Gasteiger charge is -2.35. The van der Waals surface area contributed by atoms with Crippen LogP contribution in [0.5, 0.6) is 5.75 Å². The number of fused-ring (bicyclic) bond motifs is 1. The van der Waals surface area contributed by atoms with E-state index in [1.807, 2.05) is 55.4 Å². The Labute approximate surface area is 185 Å². The molecule has 1 aliphatic rings. The van der Waals surface area contributed by atoms with Crippen molar-refractivity contribution in [3.8, 4) is 5.75 Å². The van der Waals surface area contributed by atoms with Gasteiger partial charge in [-0.15, -0.1) is 0 Å². The number of nitrogens with zero attached hydrogens (tertiary/aromatic N) is 3. The monoisotopic (exact) mass is 432 g/mol. The molecule has 0 saturated carbocycles. The van der Waals surface area contributed by atoms with Crippen LogP contribution >= 0.6 is 0 Å². The maximum absolute atomic E-state index is 13.4. The number of hydrogen-bond acceptors (Lipinski definition) is 7. The molecule has 32 heavy (non-hydrogen) atoms. The zero-order valence-electron chi connectivity index (χ0n) is 18.3. The second kappa shape index (κ2) is 8.22. The van der Waals surface area contributed by atoms with Crippen molar-refractivity contribution in [3.63, 3.8) is 0 Å². The van der Waals surface area contributed by atoms with Gasteiger partial charge in [0.15, 0.2) is 6.17 Å². The number of carbonyl (C=O) groups excluding carboxylic acids is 1. The number of para-hydroxylation sites is 1. The molecule has 1 atom stereocenters. The van der Waals surface area contributed by atoms with Crippen molar-refractivity contribution in [3.05, 3.63) is 87.5 Å². The second-order valence-electron chi connectivity index (χ2n) is 7.82. The summed E-state index contributed by atoms with van der Waals surface area (Å²) in [5.41, 5.74) is 2.37. The summed E-state index contributed by atoms with van der Waals surface area (Å²) in [4.78, 5) is 27.7. The first-order valence-corrected chi connectivity index (χ1v) is 10.1. The van der Waals surface area contributed by atoms with Gasteiger partial charge in [0, 0.05) is 31.5 Å². The standard InChI is InChI=1S/C24H24N4O4/c1-14-13-20(29)21(24(31)32-14)15(2)26-28-22(16-9-11-17(12-10-16)27(3)4)25-19-8-6-5-7-18(19)23(28)30/h5-13,22,25,29H,1-4H3/b26-15+. The number of anilines is 2. The molecule has 2 heterocycles. The Morgan fingerprint density at radius 3 is 2.47 bits per heavy atom. The summed E-state index contributed by atoms with van der Waals surface area (Å²) in [5.74, 6) is -0.284. The minimum Gasteiger partial charge on any atom is -0.507 e. The third-order valence-corrected chi connectivity index (χ3v) is 5.30. The predicted molar refractivity (Wildman–Crippen MR) is 123 cm³/mol. The molecule has 1 amide bonds. The summed E-state index contributed by atoms with van der Waals surface area (Å²) in [7, 11) is 3.90.